The number of amides is 2. The lowest BCUT2D eigenvalue weighted by molar-refractivity contribution is -0.113. The Bertz CT molecular complexity index is 725. The summed E-state index contributed by atoms with van der Waals surface area (Å²) in [5.41, 5.74) is 2.69. The number of nitrogens with zero attached hydrogens (tertiary/aromatic N) is 1. The first-order chi connectivity index (χ1) is 12.7. The third-order valence-corrected chi connectivity index (χ3v) is 5.41. The number of carbonyl (C=O) groups excluding carboxylic acids is 2. The van der Waals surface area contributed by atoms with Gasteiger partial charge < -0.3 is 10.2 Å². The molecule has 1 N–H and O–H groups in total. The summed E-state index contributed by atoms with van der Waals surface area (Å²) in [7, 11) is 0. The fourth-order valence-corrected chi connectivity index (χ4v) is 3.79. The highest BCUT2D eigenvalue weighted by molar-refractivity contribution is 7.99. The molecule has 1 aliphatic rings. The molecule has 0 bridgehead atoms. The van der Waals surface area contributed by atoms with Gasteiger partial charge in [-0.15, -0.1) is 11.8 Å². The Hall–Kier alpha value is -2.27. The number of piperidine rings is 1. The number of nitrogens with one attached hydrogen (secondary N) is 1. The molecule has 0 radical (unpaired) electrons. The van der Waals surface area contributed by atoms with Crippen LogP contribution >= 0.6 is 11.8 Å². The van der Waals surface area contributed by atoms with Crippen molar-refractivity contribution in [2.45, 2.75) is 25.0 Å². The van der Waals surface area contributed by atoms with E-state index in [4.69, 9.17) is 0 Å². The third kappa shape index (κ3) is 5.36. The van der Waals surface area contributed by atoms with E-state index in [9.17, 15) is 9.59 Å². The molecule has 0 spiro atoms. The zero-order valence-corrected chi connectivity index (χ0v) is 15.6. The smallest absolute Gasteiger partial charge is 0.253 e. The first kappa shape index (κ1) is 18.5. The molecule has 136 valence electrons. The van der Waals surface area contributed by atoms with Gasteiger partial charge in [0, 0.05) is 30.1 Å². The van der Waals surface area contributed by atoms with Crippen molar-refractivity contribution in [2.75, 3.05) is 24.2 Å². The SMILES string of the molecule is O=C(CSCc1ccc(C(=O)N2CCCCC2)cc1)Nc1ccccc1. The van der Waals surface area contributed by atoms with Gasteiger partial charge in [-0.05, 0) is 49.1 Å². The van der Waals surface area contributed by atoms with Gasteiger partial charge in [-0.3, -0.25) is 9.59 Å². The number of carbonyl (C=O) groups is 2. The summed E-state index contributed by atoms with van der Waals surface area (Å²) in [4.78, 5) is 26.3. The molecule has 0 aromatic heterocycles. The number of rotatable bonds is 6. The Labute approximate surface area is 159 Å². The number of para-hydroxylation sites is 1. The normalized spacial score (nSPS) is 14.1. The molecule has 2 aromatic rings. The maximum Gasteiger partial charge on any atom is 0.253 e. The molecule has 2 aromatic carbocycles. The first-order valence-corrected chi connectivity index (χ1v) is 10.2. The van der Waals surface area contributed by atoms with Crippen molar-refractivity contribution in [3.63, 3.8) is 0 Å². The van der Waals surface area contributed by atoms with Gasteiger partial charge in [-0.1, -0.05) is 30.3 Å². The standard InChI is InChI=1S/C21H24N2O2S/c24-20(22-19-7-3-1-4-8-19)16-26-15-17-9-11-18(12-10-17)21(25)23-13-5-2-6-14-23/h1,3-4,7-12H,2,5-6,13-16H2,(H,22,24). The van der Waals surface area contributed by atoms with Gasteiger partial charge in [0.15, 0.2) is 0 Å². The predicted octanol–water partition coefficient (Wildman–Crippen LogP) is 4.18. The van der Waals surface area contributed by atoms with Gasteiger partial charge in [0.25, 0.3) is 5.91 Å². The summed E-state index contributed by atoms with van der Waals surface area (Å²) in [6.45, 7) is 1.74. The lowest BCUT2D eigenvalue weighted by atomic mass is 10.1. The van der Waals surface area contributed by atoms with Crippen LogP contribution in [0, 0.1) is 0 Å². The van der Waals surface area contributed by atoms with Crippen molar-refractivity contribution in [3.8, 4) is 0 Å². The average molecular weight is 369 g/mol. The highest BCUT2D eigenvalue weighted by atomic mass is 32.2. The van der Waals surface area contributed by atoms with Gasteiger partial charge >= 0.3 is 0 Å². The minimum atomic E-state index is -0.00176. The van der Waals surface area contributed by atoms with E-state index in [1.54, 1.807) is 11.8 Å². The summed E-state index contributed by atoms with van der Waals surface area (Å²) in [5, 5.41) is 2.88. The minimum absolute atomic E-state index is 0.00176. The molecule has 5 heteroatoms. The first-order valence-electron chi connectivity index (χ1n) is 9.03. The maximum atomic E-state index is 12.5. The topological polar surface area (TPSA) is 49.4 Å². The van der Waals surface area contributed by atoms with Crippen LogP contribution in [0.3, 0.4) is 0 Å². The van der Waals surface area contributed by atoms with Gasteiger partial charge in [-0.2, -0.15) is 0 Å². The molecule has 1 heterocycles. The Morgan fingerprint density at radius 3 is 2.31 bits per heavy atom. The fourth-order valence-electron chi connectivity index (χ4n) is 3.00. The average Bonchev–Trinajstić information content (AvgIpc) is 2.69. The van der Waals surface area contributed by atoms with Gasteiger partial charge in [0.1, 0.15) is 0 Å². The molecule has 3 rings (SSSR count). The molecule has 1 aliphatic heterocycles. The van der Waals surface area contributed by atoms with Crippen LogP contribution in [0.5, 0.6) is 0 Å². The Kier molecular flexibility index (Phi) is 6.72. The summed E-state index contributed by atoms with van der Waals surface area (Å²) >= 11 is 1.57. The predicted molar refractivity (Wildman–Crippen MR) is 107 cm³/mol. The zero-order chi connectivity index (χ0) is 18.2. The van der Waals surface area contributed by atoms with Crippen molar-refractivity contribution < 1.29 is 9.59 Å². The Morgan fingerprint density at radius 2 is 1.62 bits per heavy atom. The Balaban J connectivity index is 1.44. The number of hydrogen-bond acceptors (Lipinski definition) is 3. The molecule has 2 amide bonds. The van der Waals surface area contributed by atoms with Crippen molar-refractivity contribution in [1.82, 2.24) is 4.90 Å². The Morgan fingerprint density at radius 1 is 0.923 bits per heavy atom. The molecular formula is C21H24N2O2S. The van der Waals surface area contributed by atoms with Crippen LogP contribution in [-0.2, 0) is 10.5 Å². The van der Waals surface area contributed by atoms with Crippen LogP contribution in [0.25, 0.3) is 0 Å². The van der Waals surface area contributed by atoms with Crippen molar-refractivity contribution in [1.29, 1.82) is 0 Å². The molecule has 0 saturated carbocycles. The lowest BCUT2D eigenvalue weighted by Gasteiger charge is -2.26. The van der Waals surface area contributed by atoms with E-state index in [-0.39, 0.29) is 11.8 Å². The van der Waals surface area contributed by atoms with E-state index in [0.29, 0.717) is 5.75 Å². The summed E-state index contributed by atoms with van der Waals surface area (Å²) in [6, 6.07) is 17.2. The number of hydrogen-bond donors (Lipinski definition) is 1. The monoisotopic (exact) mass is 368 g/mol. The van der Waals surface area contributed by atoms with E-state index in [0.717, 1.165) is 48.5 Å². The molecule has 0 atom stereocenters. The second kappa shape index (κ2) is 9.43. The van der Waals surface area contributed by atoms with Crippen molar-refractivity contribution >= 4 is 29.3 Å². The lowest BCUT2D eigenvalue weighted by Crippen LogP contribution is -2.35. The second-order valence-corrected chi connectivity index (χ2v) is 7.44. The highest BCUT2D eigenvalue weighted by Gasteiger charge is 2.17. The number of thioether (sulfide) groups is 1. The van der Waals surface area contributed by atoms with E-state index in [1.807, 2.05) is 59.5 Å². The molecular weight excluding hydrogens is 344 g/mol. The van der Waals surface area contributed by atoms with Crippen LogP contribution in [0.4, 0.5) is 5.69 Å². The molecule has 4 nitrogen and oxygen atoms in total. The van der Waals surface area contributed by atoms with E-state index < -0.39 is 0 Å². The summed E-state index contributed by atoms with van der Waals surface area (Å²) < 4.78 is 0. The van der Waals surface area contributed by atoms with E-state index >= 15 is 0 Å². The molecule has 1 saturated heterocycles. The molecule has 26 heavy (non-hydrogen) atoms. The van der Waals surface area contributed by atoms with Crippen LogP contribution in [0.2, 0.25) is 0 Å². The molecule has 0 unspecified atom stereocenters. The van der Waals surface area contributed by atoms with Crippen molar-refractivity contribution in [2.24, 2.45) is 0 Å². The van der Waals surface area contributed by atoms with Gasteiger partial charge in [0.2, 0.25) is 5.91 Å². The van der Waals surface area contributed by atoms with E-state index in [1.165, 1.54) is 6.42 Å². The van der Waals surface area contributed by atoms with E-state index in [2.05, 4.69) is 5.32 Å². The summed E-state index contributed by atoms with van der Waals surface area (Å²) in [6.07, 6.45) is 3.43. The number of anilines is 1. The van der Waals surface area contributed by atoms with Gasteiger partial charge in [0.05, 0.1) is 5.75 Å². The maximum absolute atomic E-state index is 12.5. The highest BCUT2D eigenvalue weighted by Crippen LogP contribution is 2.17. The van der Waals surface area contributed by atoms with Gasteiger partial charge in [-0.25, -0.2) is 0 Å². The second-order valence-electron chi connectivity index (χ2n) is 6.46. The fraction of sp³-hybridized carbons (Fsp3) is 0.333. The van der Waals surface area contributed by atoms with Crippen LogP contribution in [-0.4, -0.2) is 35.6 Å². The molecule has 1 fully saturated rings. The third-order valence-electron chi connectivity index (χ3n) is 4.40. The van der Waals surface area contributed by atoms with Crippen LogP contribution < -0.4 is 5.32 Å². The minimum Gasteiger partial charge on any atom is -0.339 e. The molecule has 0 aliphatic carbocycles. The quantitative estimate of drug-likeness (QED) is 0.832. The number of benzene rings is 2. The zero-order valence-electron chi connectivity index (χ0n) is 14.8. The van der Waals surface area contributed by atoms with Crippen LogP contribution in [0.1, 0.15) is 35.2 Å². The summed E-state index contributed by atoms with van der Waals surface area (Å²) in [5.74, 6) is 1.29. The van der Waals surface area contributed by atoms with Crippen LogP contribution in [0.15, 0.2) is 54.6 Å². The van der Waals surface area contributed by atoms with Crippen molar-refractivity contribution in [3.05, 3.63) is 65.7 Å². The largest absolute Gasteiger partial charge is 0.339 e. The number of likely N-dealkylation sites (tertiary alicyclic amines) is 1.